The molecule has 41 heavy (non-hydrogen) atoms. The van der Waals surface area contributed by atoms with Crippen LogP contribution in [0.3, 0.4) is 0 Å². The molecule has 3 N–H and O–H groups in total. The molecule has 0 aromatic heterocycles. The van der Waals surface area contributed by atoms with Gasteiger partial charge in [0.25, 0.3) is 0 Å². The molecule has 2 aromatic carbocycles. The Morgan fingerprint density at radius 3 is 2.39 bits per heavy atom. The smallest absolute Gasteiger partial charge is 0.247 e. The van der Waals surface area contributed by atoms with Crippen molar-refractivity contribution in [1.29, 1.82) is 5.26 Å². The van der Waals surface area contributed by atoms with Crippen molar-refractivity contribution in [1.82, 2.24) is 15.5 Å². The highest BCUT2D eigenvalue weighted by atomic mass is 16.2. The summed E-state index contributed by atoms with van der Waals surface area (Å²) in [6.07, 6.45) is 3.06. The first-order valence-corrected chi connectivity index (χ1v) is 14.3. The molecule has 2 heterocycles. The van der Waals surface area contributed by atoms with Crippen molar-refractivity contribution in [3.05, 3.63) is 65.7 Å². The number of nitriles is 1. The second-order valence-electron chi connectivity index (χ2n) is 12.7. The predicted octanol–water partition coefficient (Wildman–Crippen LogP) is 3.58. The zero-order valence-electron chi connectivity index (χ0n) is 23.8. The van der Waals surface area contributed by atoms with Crippen molar-refractivity contribution in [2.45, 2.75) is 76.4 Å². The fourth-order valence-corrected chi connectivity index (χ4v) is 6.13. The number of likely N-dealkylation sites (tertiary alicyclic amines) is 1. The molecule has 1 saturated heterocycles. The van der Waals surface area contributed by atoms with Gasteiger partial charge in [-0.05, 0) is 41.9 Å². The summed E-state index contributed by atoms with van der Waals surface area (Å²) in [5, 5.41) is 18.8. The average molecular weight is 556 g/mol. The molecule has 9 nitrogen and oxygen atoms in total. The minimum Gasteiger partial charge on any atom is -0.342 e. The Labute approximate surface area is 240 Å². The van der Waals surface area contributed by atoms with Crippen LogP contribution in [0.1, 0.15) is 70.0 Å². The summed E-state index contributed by atoms with van der Waals surface area (Å²) in [7, 11) is 0. The second kappa shape index (κ2) is 11.0. The number of amides is 4. The van der Waals surface area contributed by atoms with Gasteiger partial charge in [-0.15, -0.1) is 0 Å². The highest BCUT2D eigenvalue weighted by Gasteiger charge is 2.56. The topological polar surface area (TPSA) is 131 Å². The molecular formula is C32H37N5O4. The van der Waals surface area contributed by atoms with Crippen LogP contribution in [0, 0.1) is 22.7 Å². The second-order valence-corrected chi connectivity index (χ2v) is 12.7. The van der Waals surface area contributed by atoms with E-state index < -0.39 is 35.4 Å². The molecular weight excluding hydrogens is 518 g/mol. The molecule has 1 saturated carbocycles. The first-order valence-electron chi connectivity index (χ1n) is 14.3. The summed E-state index contributed by atoms with van der Waals surface area (Å²) in [4.78, 5) is 55.5. The lowest BCUT2D eigenvalue weighted by molar-refractivity contribution is -0.139. The summed E-state index contributed by atoms with van der Waals surface area (Å²) in [5.74, 6) is -1.41. The first kappa shape index (κ1) is 28.3. The molecule has 2 aromatic rings. The molecule has 1 spiro atoms. The highest BCUT2D eigenvalue weighted by Crippen LogP contribution is 2.46. The lowest BCUT2D eigenvalue weighted by Gasteiger charge is -2.32. The number of nitrogens with one attached hydrogen (secondary N) is 3. The van der Waals surface area contributed by atoms with E-state index in [0.29, 0.717) is 17.7 Å². The van der Waals surface area contributed by atoms with Gasteiger partial charge in [0.05, 0.1) is 11.5 Å². The van der Waals surface area contributed by atoms with E-state index >= 15 is 0 Å². The number of hydrogen-bond donors (Lipinski definition) is 3. The maximum absolute atomic E-state index is 14.2. The van der Waals surface area contributed by atoms with Crippen molar-refractivity contribution >= 4 is 29.3 Å². The largest absolute Gasteiger partial charge is 0.342 e. The van der Waals surface area contributed by atoms with E-state index in [0.717, 1.165) is 24.8 Å². The van der Waals surface area contributed by atoms with E-state index in [2.05, 4.69) is 22.0 Å². The van der Waals surface area contributed by atoms with Crippen LogP contribution in [0.5, 0.6) is 0 Å². The normalized spacial score (nSPS) is 23.1. The van der Waals surface area contributed by atoms with Crippen LogP contribution in [0.4, 0.5) is 5.69 Å². The number of hydrogen-bond acceptors (Lipinski definition) is 5. The van der Waals surface area contributed by atoms with Crippen LogP contribution in [0.2, 0.25) is 0 Å². The van der Waals surface area contributed by atoms with Crippen LogP contribution in [0.15, 0.2) is 54.6 Å². The van der Waals surface area contributed by atoms with Crippen LogP contribution in [-0.4, -0.2) is 47.2 Å². The minimum atomic E-state index is -1.02. The number of fused-ring (bicyclic) bond motifs is 2. The van der Waals surface area contributed by atoms with E-state index in [1.165, 1.54) is 4.90 Å². The van der Waals surface area contributed by atoms with E-state index in [-0.39, 0.29) is 36.1 Å². The zero-order valence-corrected chi connectivity index (χ0v) is 23.8. The molecule has 9 heteroatoms. The third-order valence-electron chi connectivity index (χ3n) is 8.50. The standard InChI is InChI=1S/C32H37N5O4/c1-31(2,3)17-25(34-28(39)26(20-10-5-4-6-11-20)36-27(38)21-12-9-13-21)29(40)37-19-32(16-22(37)18-33)23-14-7-8-15-24(23)35-30(32)41/h4-8,10-11,14-15,21-22,25-26H,9,12-13,16-17,19H2,1-3H3,(H,34,39)(H,35,41)(H,36,38)/t22-,25-,26-,32-/m0/s1. The van der Waals surface area contributed by atoms with Gasteiger partial charge >= 0.3 is 0 Å². The average Bonchev–Trinajstić information content (AvgIpc) is 3.43. The van der Waals surface area contributed by atoms with Crippen molar-refractivity contribution in [3.8, 4) is 6.07 Å². The van der Waals surface area contributed by atoms with Gasteiger partial charge in [0.15, 0.2) is 0 Å². The predicted molar refractivity (Wildman–Crippen MR) is 153 cm³/mol. The quantitative estimate of drug-likeness (QED) is 0.481. The Hall–Kier alpha value is -4.19. The van der Waals surface area contributed by atoms with Crippen molar-refractivity contribution < 1.29 is 19.2 Å². The Kier molecular flexibility index (Phi) is 7.60. The molecule has 0 radical (unpaired) electrons. The molecule has 214 valence electrons. The van der Waals surface area contributed by atoms with Gasteiger partial charge in [-0.2, -0.15) is 5.26 Å². The SMILES string of the molecule is CC(C)(C)C[C@H](NC(=O)[C@@H](NC(=O)C1CCC1)c1ccccc1)C(=O)N1C[C@]2(C[C@H]1C#N)C(=O)Nc1ccccc12. The van der Waals surface area contributed by atoms with Gasteiger partial charge in [0, 0.05) is 24.6 Å². The number of rotatable bonds is 7. The Morgan fingerprint density at radius 1 is 1.07 bits per heavy atom. The minimum absolute atomic E-state index is 0.0456. The van der Waals surface area contributed by atoms with Gasteiger partial charge in [0.2, 0.25) is 23.6 Å². The van der Waals surface area contributed by atoms with E-state index in [1.807, 2.05) is 51.1 Å². The number of para-hydroxylation sites is 1. The Morgan fingerprint density at radius 2 is 1.76 bits per heavy atom. The molecule has 4 amide bonds. The summed E-state index contributed by atoms with van der Waals surface area (Å²) >= 11 is 0. The number of anilines is 1. The summed E-state index contributed by atoms with van der Waals surface area (Å²) in [5.41, 5.74) is 0.721. The monoisotopic (exact) mass is 555 g/mol. The molecule has 1 aliphatic carbocycles. The van der Waals surface area contributed by atoms with Crippen molar-refractivity contribution in [3.63, 3.8) is 0 Å². The maximum Gasteiger partial charge on any atom is 0.247 e. The maximum atomic E-state index is 14.2. The number of carbonyl (C=O) groups excluding carboxylic acids is 4. The Balaban J connectivity index is 1.42. The van der Waals surface area contributed by atoms with Gasteiger partial charge in [-0.3, -0.25) is 19.2 Å². The Bertz CT molecular complexity index is 1390. The van der Waals surface area contributed by atoms with Gasteiger partial charge in [-0.1, -0.05) is 75.7 Å². The van der Waals surface area contributed by atoms with Gasteiger partial charge in [0.1, 0.15) is 18.1 Å². The van der Waals surface area contributed by atoms with E-state index in [1.54, 1.807) is 24.3 Å². The zero-order chi connectivity index (χ0) is 29.4. The van der Waals surface area contributed by atoms with Gasteiger partial charge < -0.3 is 20.9 Å². The molecule has 4 atom stereocenters. The molecule has 2 aliphatic heterocycles. The van der Waals surface area contributed by atoms with E-state index in [4.69, 9.17) is 0 Å². The van der Waals surface area contributed by atoms with Crippen molar-refractivity contribution in [2.75, 3.05) is 11.9 Å². The third-order valence-corrected chi connectivity index (χ3v) is 8.50. The van der Waals surface area contributed by atoms with E-state index in [9.17, 15) is 24.4 Å². The molecule has 0 bridgehead atoms. The van der Waals surface area contributed by atoms with Crippen LogP contribution < -0.4 is 16.0 Å². The lowest BCUT2D eigenvalue weighted by atomic mass is 9.80. The van der Waals surface area contributed by atoms with Crippen LogP contribution in [-0.2, 0) is 24.6 Å². The van der Waals surface area contributed by atoms with Crippen molar-refractivity contribution in [2.24, 2.45) is 11.3 Å². The third kappa shape index (κ3) is 5.56. The number of benzene rings is 2. The molecule has 0 unspecified atom stereocenters. The number of carbonyl (C=O) groups is 4. The summed E-state index contributed by atoms with van der Waals surface area (Å²) in [6, 6.07) is 15.8. The number of nitrogens with zero attached hydrogens (tertiary/aromatic N) is 2. The van der Waals surface area contributed by atoms with Crippen LogP contribution >= 0.6 is 0 Å². The van der Waals surface area contributed by atoms with Gasteiger partial charge in [-0.25, -0.2) is 0 Å². The fraction of sp³-hybridized carbons (Fsp3) is 0.469. The summed E-state index contributed by atoms with van der Waals surface area (Å²) < 4.78 is 0. The molecule has 2 fully saturated rings. The highest BCUT2D eigenvalue weighted by molar-refractivity contribution is 6.07. The fourth-order valence-electron chi connectivity index (χ4n) is 6.13. The molecule has 5 rings (SSSR count). The lowest BCUT2D eigenvalue weighted by Crippen LogP contribution is -2.54. The summed E-state index contributed by atoms with van der Waals surface area (Å²) in [6.45, 7) is 5.96. The van der Waals surface area contributed by atoms with Crippen LogP contribution in [0.25, 0.3) is 0 Å². The molecule has 3 aliphatic rings. The first-order chi connectivity index (χ1) is 19.5.